The summed E-state index contributed by atoms with van der Waals surface area (Å²) in [5.74, 6) is -2.34. The fourth-order valence-corrected chi connectivity index (χ4v) is 5.07. The summed E-state index contributed by atoms with van der Waals surface area (Å²) in [7, 11) is 1.54. The molecule has 0 spiro atoms. The van der Waals surface area contributed by atoms with Gasteiger partial charge in [-0.05, 0) is 62.4 Å². The van der Waals surface area contributed by atoms with Gasteiger partial charge in [-0.15, -0.1) is 0 Å². The number of carbonyl (C=O) groups excluding carboxylic acids is 5. The molecule has 1 aromatic heterocycles. The van der Waals surface area contributed by atoms with Crippen LogP contribution in [0.2, 0.25) is 0 Å². The molecule has 3 aromatic rings. The van der Waals surface area contributed by atoms with Gasteiger partial charge in [0.1, 0.15) is 17.5 Å². The third-order valence-corrected chi connectivity index (χ3v) is 7.44. The molecular weight excluding hydrogens is 552 g/mol. The summed E-state index contributed by atoms with van der Waals surface area (Å²) in [5, 5.41) is 8.99. The van der Waals surface area contributed by atoms with Crippen molar-refractivity contribution < 1.29 is 33.4 Å². The second-order valence-electron chi connectivity index (χ2n) is 11.2. The van der Waals surface area contributed by atoms with Crippen LogP contribution in [0.25, 0.3) is 10.9 Å². The topological polar surface area (TPSA) is 156 Å². The smallest absolute Gasteiger partial charge is 0.338 e. The maximum Gasteiger partial charge on any atom is 0.338 e. The number of aryl methyl sites for hydroxylation is 1. The zero-order valence-electron chi connectivity index (χ0n) is 24.8. The lowest BCUT2D eigenvalue weighted by molar-refractivity contribution is -0.131. The van der Waals surface area contributed by atoms with Gasteiger partial charge in [0.2, 0.25) is 11.8 Å². The second-order valence-corrected chi connectivity index (χ2v) is 11.2. The number of H-pyrrole nitrogens is 1. The number of benzene rings is 2. The van der Waals surface area contributed by atoms with Gasteiger partial charge in [0, 0.05) is 23.4 Å². The molecule has 0 unspecified atom stereocenters. The van der Waals surface area contributed by atoms with Crippen LogP contribution >= 0.6 is 0 Å². The molecule has 0 bridgehead atoms. The van der Waals surface area contributed by atoms with Gasteiger partial charge in [-0.3, -0.25) is 19.2 Å². The van der Waals surface area contributed by atoms with Crippen LogP contribution in [0.4, 0.5) is 0 Å². The average Bonchev–Trinajstić information content (AvgIpc) is 3.61. The number of methoxy groups -OCH3 is 1. The number of hydrogen-bond donors (Lipinski definition) is 4. The van der Waals surface area contributed by atoms with E-state index in [0.717, 1.165) is 10.9 Å². The molecule has 11 heteroatoms. The maximum absolute atomic E-state index is 13.6. The van der Waals surface area contributed by atoms with Crippen LogP contribution in [0.1, 0.15) is 59.5 Å². The van der Waals surface area contributed by atoms with E-state index < -0.39 is 48.2 Å². The van der Waals surface area contributed by atoms with Crippen molar-refractivity contribution in [1.82, 2.24) is 20.9 Å². The van der Waals surface area contributed by atoms with Crippen molar-refractivity contribution in [2.75, 3.05) is 20.3 Å². The van der Waals surface area contributed by atoms with Crippen molar-refractivity contribution >= 4 is 40.4 Å². The summed E-state index contributed by atoms with van der Waals surface area (Å²) in [6.45, 7) is 5.61. The molecule has 0 aliphatic carbocycles. The number of aromatic nitrogens is 1. The average molecular weight is 591 g/mol. The molecule has 4 N–H and O–H groups in total. The molecule has 0 saturated carbocycles. The van der Waals surface area contributed by atoms with Gasteiger partial charge in [-0.25, -0.2) is 4.79 Å². The molecule has 228 valence electrons. The van der Waals surface area contributed by atoms with Gasteiger partial charge in [-0.1, -0.05) is 37.6 Å². The molecule has 2 aromatic carbocycles. The molecule has 1 fully saturated rings. The molecule has 43 heavy (non-hydrogen) atoms. The molecule has 1 aliphatic rings. The normalized spacial score (nSPS) is 15.9. The van der Waals surface area contributed by atoms with Gasteiger partial charge < -0.3 is 30.4 Å². The zero-order chi connectivity index (χ0) is 31.1. The van der Waals surface area contributed by atoms with E-state index in [-0.39, 0.29) is 23.9 Å². The third-order valence-electron chi connectivity index (χ3n) is 7.44. The Hall–Kier alpha value is -4.67. The van der Waals surface area contributed by atoms with Crippen molar-refractivity contribution in [3.8, 4) is 5.75 Å². The Bertz CT molecular complexity index is 1500. The fraction of sp³-hybridized carbons (Fsp3) is 0.406. The summed E-state index contributed by atoms with van der Waals surface area (Å²) in [6, 6.07) is 11.7. The minimum Gasteiger partial charge on any atom is -0.496 e. The Labute approximate surface area is 250 Å². The predicted octanol–water partition coefficient (Wildman–Crippen LogP) is 3.07. The number of ether oxygens (including phenoxy) is 2. The van der Waals surface area contributed by atoms with Crippen molar-refractivity contribution in [3.63, 3.8) is 0 Å². The number of fused-ring (bicyclic) bond motifs is 1. The number of rotatable bonds is 13. The molecule has 11 nitrogen and oxygen atoms in total. The van der Waals surface area contributed by atoms with Crippen LogP contribution in [0.15, 0.2) is 48.5 Å². The van der Waals surface area contributed by atoms with Crippen LogP contribution in [-0.2, 0) is 19.1 Å². The molecule has 3 amide bonds. The first kappa shape index (κ1) is 31.3. The number of nitrogens with one attached hydrogen (secondary N) is 4. The van der Waals surface area contributed by atoms with E-state index in [4.69, 9.17) is 9.47 Å². The van der Waals surface area contributed by atoms with E-state index in [2.05, 4.69) is 20.9 Å². The SMILES string of the molecule is COc1cccc2[nH]c(C(=O)N[C@@H](CC(C)C)C(=O)N[C@@H](C[C@@H]3CCNC3=O)C(=O)COC(=O)c3ccc(C)cc3)cc12. The Morgan fingerprint density at radius 3 is 2.42 bits per heavy atom. The molecular formula is C32H38N4O7. The van der Waals surface area contributed by atoms with E-state index in [1.54, 1.807) is 49.6 Å². The predicted molar refractivity (Wildman–Crippen MR) is 160 cm³/mol. The number of amides is 3. The van der Waals surface area contributed by atoms with Crippen LogP contribution in [0.5, 0.6) is 5.75 Å². The highest BCUT2D eigenvalue weighted by atomic mass is 16.5. The number of ketones is 1. The van der Waals surface area contributed by atoms with E-state index in [0.29, 0.717) is 36.2 Å². The van der Waals surface area contributed by atoms with Crippen LogP contribution < -0.4 is 20.7 Å². The van der Waals surface area contributed by atoms with Crippen LogP contribution in [-0.4, -0.2) is 66.8 Å². The summed E-state index contributed by atoms with van der Waals surface area (Å²) in [6.07, 6.45) is 0.856. The summed E-state index contributed by atoms with van der Waals surface area (Å²) >= 11 is 0. The largest absolute Gasteiger partial charge is 0.496 e. The van der Waals surface area contributed by atoms with Crippen molar-refractivity contribution in [1.29, 1.82) is 0 Å². The van der Waals surface area contributed by atoms with E-state index in [9.17, 15) is 24.0 Å². The lowest BCUT2D eigenvalue weighted by Gasteiger charge is -2.25. The summed E-state index contributed by atoms with van der Waals surface area (Å²) in [5.41, 5.74) is 2.22. The second kappa shape index (κ2) is 14.0. The van der Waals surface area contributed by atoms with Gasteiger partial charge >= 0.3 is 5.97 Å². The molecule has 2 heterocycles. The van der Waals surface area contributed by atoms with Gasteiger partial charge in [0.25, 0.3) is 5.91 Å². The quantitative estimate of drug-likeness (QED) is 0.223. The Morgan fingerprint density at radius 1 is 1.02 bits per heavy atom. The fourth-order valence-electron chi connectivity index (χ4n) is 5.07. The highest BCUT2D eigenvalue weighted by Gasteiger charge is 2.34. The summed E-state index contributed by atoms with van der Waals surface area (Å²) in [4.78, 5) is 68.0. The van der Waals surface area contributed by atoms with Crippen molar-refractivity contribution in [3.05, 3.63) is 65.4 Å². The third kappa shape index (κ3) is 8.00. The van der Waals surface area contributed by atoms with Gasteiger partial charge in [-0.2, -0.15) is 0 Å². The van der Waals surface area contributed by atoms with Crippen LogP contribution in [0, 0.1) is 18.8 Å². The van der Waals surface area contributed by atoms with E-state index in [1.165, 1.54) is 0 Å². The minimum atomic E-state index is -1.10. The zero-order valence-corrected chi connectivity index (χ0v) is 24.8. The highest BCUT2D eigenvalue weighted by Crippen LogP contribution is 2.26. The monoisotopic (exact) mass is 590 g/mol. The lowest BCUT2D eigenvalue weighted by Crippen LogP contribution is -2.53. The number of esters is 1. The van der Waals surface area contributed by atoms with Crippen molar-refractivity contribution in [2.24, 2.45) is 11.8 Å². The Balaban J connectivity index is 1.48. The number of aromatic amines is 1. The standard InChI is InChI=1S/C32H38N4O7/c1-18(2)14-25(36-31(40)26-16-22-23(34-26)6-5-7-28(22)42-4)30(39)35-24(15-21-12-13-33-29(21)38)27(37)17-43-32(41)20-10-8-19(3)9-11-20/h5-11,16,18,21,24-25,34H,12-15,17H2,1-4H3,(H,33,38)(H,35,39)(H,36,40)/t21-,24-,25-/m0/s1. The molecule has 1 aliphatic heterocycles. The van der Waals surface area contributed by atoms with Crippen LogP contribution in [0.3, 0.4) is 0 Å². The summed E-state index contributed by atoms with van der Waals surface area (Å²) < 4.78 is 10.6. The van der Waals surface area contributed by atoms with E-state index >= 15 is 0 Å². The first-order chi connectivity index (χ1) is 20.5. The van der Waals surface area contributed by atoms with Gasteiger partial charge in [0.05, 0.1) is 18.7 Å². The number of hydrogen-bond acceptors (Lipinski definition) is 7. The molecule has 4 rings (SSSR count). The molecule has 1 saturated heterocycles. The highest BCUT2D eigenvalue weighted by molar-refractivity contribution is 6.02. The number of carbonyl (C=O) groups is 5. The lowest BCUT2D eigenvalue weighted by atomic mass is 9.95. The minimum absolute atomic E-state index is 0.0316. The molecule has 0 radical (unpaired) electrons. The maximum atomic E-state index is 13.6. The first-order valence-electron chi connectivity index (χ1n) is 14.4. The van der Waals surface area contributed by atoms with Crippen molar-refractivity contribution in [2.45, 2.75) is 52.1 Å². The Morgan fingerprint density at radius 2 is 1.77 bits per heavy atom. The number of Topliss-reactive ketones (excluding diaryl/α,β-unsaturated/α-hetero) is 1. The Kier molecular flexibility index (Phi) is 10.2. The first-order valence-corrected chi connectivity index (χ1v) is 14.4. The van der Waals surface area contributed by atoms with Gasteiger partial charge in [0.15, 0.2) is 12.4 Å². The molecule has 3 atom stereocenters. The van der Waals surface area contributed by atoms with E-state index in [1.807, 2.05) is 26.8 Å².